The fourth-order valence-corrected chi connectivity index (χ4v) is 10.1. The first-order valence-corrected chi connectivity index (χ1v) is 21.1. The Labute approximate surface area is 340 Å². The molecule has 292 valence electrons. The zero-order chi connectivity index (χ0) is 41.3. The number of aromatic nitrogens is 4. The summed E-state index contributed by atoms with van der Waals surface area (Å²) in [5.74, 6) is 0.388. The maximum Gasteiger partial charge on any atom is 0.0979 e. The van der Waals surface area contributed by atoms with Gasteiger partial charge in [0.15, 0.2) is 0 Å². The van der Waals surface area contributed by atoms with Gasteiger partial charge in [-0.2, -0.15) is 0 Å². The first-order valence-electron chi connectivity index (χ1n) is 21.1. The molecule has 4 heteroatoms. The van der Waals surface area contributed by atoms with Gasteiger partial charge in [-0.1, -0.05) is 166 Å². The van der Waals surface area contributed by atoms with E-state index in [1.165, 1.54) is 66.1 Å². The lowest BCUT2D eigenvalue weighted by Gasteiger charge is -2.28. The average molecular weight is 753 g/mol. The summed E-state index contributed by atoms with van der Waals surface area (Å²) in [6.07, 6.45) is 0. The van der Waals surface area contributed by atoms with Gasteiger partial charge >= 0.3 is 0 Å². The maximum absolute atomic E-state index is 5.78. The molecular formula is C53H60N4. The van der Waals surface area contributed by atoms with Gasteiger partial charge in [0, 0.05) is 44.2 Å². The third-order valence-electron chi connectivity index (χ3n) is 12.7. The Morgan fingerprint density at radius 1 is 0.333 bits per heavy atom. The molecule has 0 amide bonds. The van der Waals surface area contributed by atoms with Crippen LogP contribution in [-0.4, -0.2) is 19.9 Å². The van der Waals surface area contributed by atoms with Crippen LogP contribution in [0.5, 0.6) is 0 Å². The van der Waals surface area contributed by atoms with Crippen molar-refractivity contribution >= 4 is 43.6 Å². The van der Waals surface area contributed by atoms with Crippen molar-refractivity contribution in [2.45, 2.75) is 151 Å². The molecule has 4 nitrogen and oxygen atoms in total. The van der Waals surface area contributed by atoms with E-state index >= 15 is 0 Å². The standard InChI is InChI=1S/C53H60N4/c1-26(2)27-18-19-28-35-29(20-23-32(37(27)35)49(3,4)5)42-41(28)54-45-39(52(12,13)14)47-48(40(46(45)55-42)53(15,16)17)57-44-31-22-25-34(51(9,10)11)38-33(50(6,7)8)24-21-30(36(31)38)43(44)56-47/h18-26H,1-17H3. The molecule has 0 fully saturated rings. The third kappa shape index (κ3) is 5.31. The summed E-state index contributed by atoms with van der Waals surface area (Å²) in [5.41, 5.74) is 19.5. The van der Waals surface area contributed by atoms with E-state index in [1.54, 1.807) is 0 Å². The molecule has 2 heterocycles. The van der Waals surface area contributed by atoms with E-state index in [-0.39, 0.29) is 27.1 Å². The van der Waals surface area contributed by atoms with Crippen LogP contribution in [0.4, 0.5) is 0 Å². The fraction of sp³-hybridized carbons (Fsp3) is 0.434. The molecule has 9 rings (SSSR count). The van der Waals surface area contributed by atoms with Gasteiger partial charge in [0.05, 0.1) is 44.8 Å². The first kappa shape index (κ1) is 37.9. The Morgan fingerprint density at radius 3 is 0.895 bits per heavy atom. The van der Waals surface area contributed by atoms with Crippen molar-refractivity contribution in [1.29, 1.82) is 0 Å². The number of nitrogens with zero attached hydrogens (tertiary/aromatic N) is 4. The number of hydrogen-bond acceptors (Lipinski definition) is 4. The number of rotatable bonds is 1. The topological polar surface area (TPSA) is 51.6 Å². The Morgan fingerprint density at radius 2 is 0.614 bits per heavy atom. The molecule has 0 saturated carbocycles. The largest absolute Gasteiger partial charge is 0.243 e. The minimum atomic E-state index is -0.295. The first-order chi connectivity index (χ1) is 26.3. The third-order valence-corrected chi connectivity index (χ3v) is 12.7. The SMILES string of the molecule is CC(C)c1ccc2c3c(ccc(C(C)(C)C)c13)-c1nc3c(C(C)(C)C)c4nc5c(nc4c(C(C)(C)C)c3nc1-2)-c1ccc(C(C)(C)C)c2c(C(C)(C)C)ccc-5c12. The van der Waals surface area contributed by atoms with Gasteiger partial charge in [-0.05, 0) is 66.0 Å². The summed E-state index contributed by atoms with van der Waals surface area (Å²) < 4.78 is 0. The van der Waals surface area contributed by atoms with Crippen molar-refractivity contribution in [3.63, 3.8) is 0 Å². The van der Waals surface area contributed by atoms with Gasteiger partial charge < -0.3 is 0 Å². The fourth-order valence-electron chi connectivity index (χ4n) is 10.1. The van der Waals surface area contributed by atoms with Gasteiger partial charge in [0.2, 0.25) is 0 Å². The van der Waals surface area contributed by atoms with E-state index in [2.05, 4.69) is 166 Å². The Balaban J connectivity index is 1.44. The summed E-state index contributed by atoms with van der Waals surface area (Å²) in [4.78, 5) is 23.1. The molecule has 0 unspecified atom stereocenters. The highest BCUT2D eigenvalue weighted by atomic mass is 14.9. The summed E-state index contributed by atoms with van der Waals surface area (Å²) in [6.45, 7) is 39.3. The monoisotopic (exact) mass is 752 g/mol. The van der Waals surface area contributed by atoms with Gasteiger partial charge in [-0.25, -0.2) is 19.9 Å². The normalized spacial score (nSPS) is 14.2. The van der Waals surface area contributed by atoms with E-state index in [0.717, 1.165) is 56.0 Å². The van der Waals surface area contributed by atoms with Crippen LogP contribution >= 0.6 is 0 Å². The van der Waals surface area contributed by atoms with Crippen LogP contribution in [-0.2, 0) is 27.1 Å². The van der Waals surface area contributed by atoms with Crippen LogP contribution in [0.2, 0.25) is 0 Å². The van der Waals surface area contributed by atoms with Gasteiger partial charge in [-0.15, -0.1) is 0 Å². The molecule has 0 bridgehead atoms. The molecule has 2 aliphatic rings. The van der Waals surface area contributed by atoms with E-state index in [0.29, 0.717) is 5.92 Å². The molecule has 0 radical (unpaired) electrons. The minimum Gasteiger partial charge on any atom is -0.243 e. The van der Waals surface area contributed by atoms with Gasteiger partial charge in [0.25, 0.3) is 0 Å². The Bertz CT molecular complexity index is 2780. The summed E-state index contributed by atoms with van der Waals surface area (Å²) in [5, 5.41) is 5.30. The summed E-state index contributed by atoms with van der Waals surface area (Å²) >= 11 is 0. The smallest absolute Gasteiger partial charge is 0.0979 e. The van der Waals surface area contributed by atoms with Crippen molar-refractivity contribution in [3.8, 4) is 45.0 Å². The van der Waals surface area contributed by atoms with Crippen LogP contribution in [0.1, 0.15) is 157 Å². The molecule has 0 aliphatic heterocycles. The summed E-state index contributed by atoms with van der Waals surface area (Å²) in [6, 6.07) is 18.7. The lowest BCUT2D eigenvalue weighted by atomic mass is 9.76. The molecule has 0 N–H and O–H groups in total. The van der Waals surface area contributed by atoms with E-state index in [9.17, 15) is 0 Å². The highest BCUT2D eigenvalue weighted by Crippen LogP contribution is 2.55. The quantitative estimate of drug-likeness (QED) is 0.157. The van der Waals surface area contributed by atoms with Gasteiger partial charge in [-0.3, -0.25) is 0 Å². The zero-order valence-electron chi connectivity index (χ0n) is 37.5. The van der Waals surface area contributed by atoms with Crippen molar-refractivity contribution in [1.82, 2.24) is 19.9 Å². The average Bonchev–Trinajstić information content (AvgIpc) is 3.56. The minimum absolute atomic E-state index is 0.0129. The second kappa shape index (κ2) is 11.5. The molecule has 0 atom stereocenters. The van der Waals surface area contributed by atoms with Crippen LogP contribution in [0.3, 0.4) is 0 Å². The Kier molecular flexibility index (Phi) is 7.63. The molecule has 2 aliphatic carbocycles. The van der Waals surface area contributed by atoms with E-state index in [4.69, 9.17) is 19.9 Å². The molecule has 0 saturated heterocycles. The van der Waals surface area contributed by atoms with Crippen LogP contribution in [0.15, 0.2) is 48.5 Å². The van der Waals surface area contributed by atoms with Crippen molar-refractivity contribution < 1.29 is 0 Å². The predicted octanol–water partition coefficient (Wildman–Crippen LogP) is 14.8. The lowest BCUT2D eigenvalue weighted by Crippen LogP contribution is -2.20. The molecule has 0 spiro atoms. The predicted molar refractivity (Wildman–Crippen MR) is 244 cm³/mol. The van der Waals surface area contributed by atoms with Crippen molar-refractivity contribution in [2.24, 2.45) is 0 Å². The number of benzene rings is 5. The van der Waals surface area contributed by atoms with Crippen LogP contribution < -0.4 is 0 Å². The molecule has 7 aromatic rings. The van der Waals surface area contributed by atoms with E-state index in [1.807, 2.05) is 0 Å². The van der Waals surface area contributed by atoms with Gasteiger partial charge in [0.1, 0.15) is 0 Å². The molecule has 5 aromatic carbocycles. The Hall–Kier alpha value is -4.70. The van der Waals surface area contributed by atoms with Crippen LogP contribution in [0.25, 0.3) is 88.6 Å². The number of fused-ring (bicyclic) bond motifs is 8. The lowest BCUT2D eigenvalue weighted by molar-refractivity contribution is 0.581. The van der Waals surface area contributed by atoms with Crippen LogP contribution in [0, 0.1) is 0 Å². The summed E-state index contributed by atoms with van der Waals surface area (Å²) in [7, 11) is 0. The molecular weight excluding hydrogens is 693 g/mol. The zero-order valence-corrected chi connectivity index (χ0v) is 37.5. The maximum atomic E-state index is 5.78. The molecule has 57 heavy (non-hydrogen) atoms. The van der Waals surface area contributed by atoms with Crippen molar-refractivity contribution in [2.75, 3.05) is 0 Å². The number of hydrogen-bond donors (Lipinski definition) is 0. The highest BCUT2D eigenvalue weighted by Gasteiger charge is 2.38. The second-order valence-electron chi connectivity index (χ2n) is 22.6. The van der Waals surface area contributed by atoms with E-state index < -0.39 is 0 Å². The van der Waals surface area contributed by atoms with Crippen molar-refractivity contribution in [3.05, 3.63) is 81.9 Å². The highest BCUT2D eigenvalue weighted by molar-refractivity contribution is 6.19. The molecule has 2 aromatic heterocycles. The second-order valence-corrected chi connectivity index (χ2v) is 22.6.